The zero-order valence-corrected chi connectivity index (χ0v) is 18.6. The summed E-state index contributed by atoms with van der Waals surface area (Å²) in [5, 5.41) is 12.7. The number of hydrogen-bond donors (Lipinski definition) is 1. The average molecular weight is 421 g/mol. The van der Waals surface area contributed by atoms with Gasteiger partial charge < -0.3 is 10.2 Å². The molecule has 6 nitrogen and oxygen atoms in total. The SMILES string of the molecule is CC1(C)CC(N2CCc3cc(-c4ncc(C5=CCN=C5)cc4F)nnc32)CC(C)(C)N1. The van der Waals surface area contributed by atoms with Crippen molar-refractivity contribution in [2.75, 3.05) is 18.0 Å². The lowest BCUT2D eigenvalue weighted by Gasteiger charge is -2.49. The van der Waals surface area contributed by atoms with E-state index in [4.69, 9.17) is 0 Å². The molecule has 1 N–H and O–H groups in total. The number of nitrogens with one attached hydrogen (secondary N) is 1. The van der Waals surface area contributed by atoms with Gasteiger partial charge in [-0.3, -0.25) is 9.98 Å². The molecule has 0 aliphatic carbocycles. The molecule has 0 unspecified atom stereocenters. The minimum atomic E-state index is -0.385. The van der Waals surface area contributed by atoms with Crippen LogP contribution in [0.15, 0.2) is 29.4 Å². The van der Waals surface area contributed by atoms with Gasteiger partial charge >= 0.3 is 0 Å². The number of hydrogen-bond acceptors (Lipinski definition) is 6. The molecule has 0 saturated carbocycles. The molecule has 5 heterocycles. The molecule has 7 heteroatoms. The summed E-state index contributed by atoms with van der Waals surface area (Å²) in [4.78, 5) is 10.9. The van der Waals surface area contributed by atoms with E-state index in [0.717, 1.165) is 48.3 Å². The highest BCUT2D eigenvalue weighted by molar-refractivity contribution is 6.11. The highest BCUT2D eigenvalue weighted by atomic mass is 19.1. The van der Waals surface area contributed by atoms with Crippen LogP contribution >= 0.6 is 0 Å². The number of aromatic nitrogens is 3. The molecule has 0 atom stereocenters. The maximum absolute atomic E-state index is 14.9. The van der Waals surface area contributed by atoms with Crippen LogP contribution < -0.4 is 10.2 Å². The number of piperidine rings is 1. The number of rotatable bonds is 3. The number of pyridine rings is 1. The fraction of sp³-hybridized carbons (Fsp3) is 0.500. The largest absolute Gasteiger partial charge is 0.351 e. The number of anilines is 1. The lowest BCUT2D eigenvalue weighted by molar-refractivity contribution is 0.159. The van der Waals surface area contributed by atoms with Gasteiger partial charge in [0.25, 0.3) is 0 Å². The van der Waals surface area contributed by atoms with E-state index in [2.05, 4.69) is 58.1 Å². The van der Waals surface area contributed by atoms with E-state index in [0.29, 0.717) is 18.3 Å². The first kappa shape index (κ1) is 20.2. The third-order valence-corrected chi connectivity index (χ3v) is 6.42. The minimum Gasteiger partial charge on any atom is -0.351 e. The Morgan fingerprint density at radius 1 is 1.10 bits per heavy atom. The maximum atomic E-state index is 14.9. The molecule has 3 aliphatic rings. The second kappa shape index (κ2) is 7.19. The van der Waals surface area contributed by atoms with Crippen molar-refractivity contribution in [2.45, 2.75) is 64.1 Å². The van der Waals surface area contributed by atoms with Crippen LogP contribution in [0.1, 0.15) is 51.7 Å². The highest BCUT2D eigenvalue weighted by Crippen LogP contribution is 2.37. The molecule has 31 heavy (non-hydrogen) atoms. The highest BCUT2D eigenvalue weighted by Gasteiger charge is 2.42. The molecule has 3 aliphatic heterocycles. The van der Waals surface area contributed by atoms with Crippen molar-refractivity contribution in [1.29, 1.82) is 0 Å². The summed E-state index contributed by atoms with van der Waals surface area (Å²) < 4.78 is 14.9. The molecule has 1 fully saturated rings. The van der Waals surface area contributed by atoms with Crippen LogP contribution in [0, 0.1) is 5.82 Å². The quantitative estimate of drug-likeness (QED) is 0.818. The third kappa shape index (κ3) is 3.87. The number of nitrogens with zero attached hydrogens (tertiary/aromatic N) is 5. The Hall–Kier alpha value is -2.67. The predicted molar refractivity (Wildman–Crippen MR) is 122 cm³/mol. The standard InChI is InChI=1S/C24H29FN6/c1-23(2)11-18(12-24(3,4)30-23)31-8-6-15-10-20(28-29-22(15)31)21-19(25)9-17(14-27-21)16-5-7-26-13-16/h5,9-10,13-14,18,30H,6-8,11-12H2,1-4H3. The monoisotopic (exact) mass is 420 g/mol. The normalized spacial score (nSPS) is 22.0. The second-order valence-corrected chi connectivity index (χ2v) is 10.2. The molecular formula is C24H29FN6. The fourth-order valence-corrected chi connectivity index (χ4v) is 5.49. The van der Waals surface area contributed by atoms with E-state index in [9.17, 15) is 4.39 Å². The van der Waals surface area contributed by atoms with E-state index < -0.39 is 0 Å². The average Bonchev–Trinajstić information content (AvgIpc) is 3.35. The van der Waals surface area contributed by atoms with E-state index >= 15 is 0 Å². The molecule has 0 spiro atoms. The first-order valence-electron chi connectivity index (χ1n) is 11.0. The number of allylic oxidation sites excluding steroid dienone is 1. The van der Waals surface area contributed by atoms with Crippen LogP contribution in [0.4, 0.5) is 10.2 Å². The van der Waals surface area contributed by atoms with Gasteiger partial charge in [-0.05, 0) is 64.7 Å². The maximum Gasteiger partial charge on any atom is 0.154 e. The minimum absolute atomic E-state index is 0.0663. The Kier molecular flexibility index (Phi) is 4.70. The Balaban J connectivity index is 1.42. The summed E-state index contributed by atoms with van der Waals surface area (Å²) in [6.45, 7) is 10.6. The summed E-state index contributed by atoms with van der Waals surface area (Å²) in [6.07, 6.45) is 8.40. The number of fused-ring (bicyclic) bond motifs is 1. The van der Waals surface area contributed by atoms with Crippen molar-refractivity contribution in [3.8, 4) is 11.4 Å². The van der Waals surface area contributed by atoms with Gasteiger partial charge in [0.2, 0.25) is 0 Å². The molecule has 5 rings (SSSR count). The van der Waals surface area contributed by atoms with Crippen LogP contribution in [-0.4, -0.2) is 51.6 Å². The van der Waals surface area contributed by atoms with Gasteiger partial charge in [0.1, 0.15) is 11.4 Å². The molecular weight excluding hydrogens is 391 g/mol. The first-order valence-corrected chi connectivity index (χ1v) is 11.0. The van der Waals surface area contributed by atoms with Crippen molar-refractivity contribution in [2.24, 2.45) is 4.99 Å². The lowest BCUT2D eigenvalue weighted by atomic mass is 9.79. The van der Waals surface area contributed by atoms with Crippen molar-refractivity contribution in [3.63, 3.8) is 0 Å². The summed E-state index contributed by atoms with van der Waals surface area (Å²) in [6, 6.07) is 3.87. The topological polar surface area (TPSA) is 66.3 Å². The van der Waals surface area contributed by atoms with Crippen LogP contribution in [0.3, 0.4) is 0 Å². The van der Waals surface area contributed by atoms with Gasteiger partial charge in [-0.15, -0.1) is 10.2 Å². The molecule has 162 valence electrons. The summed E-state index contributed by atoms with van der Waals surface area (Å²) in [7, 11) is 0. The van der Waals surface area contributed by atoms with E-state index in [1.54, 1.807) is 12.4 Å². The van der Waals surface area contributed by atoms with Crippen molar-refractivity contribution >= 4 is 17.6 Å². The van der Waals surface area contributed by atoms with Gasteiger partial charge in [-0.2, -0.15) is 0 Å². The molecule has 2 aromatic heterocycles. The fourth-order valence-electron chi connectivity index (χ4n) is 5.49. The zero-order valence-electron chi connectivity index (χ0n) is 18.6. The third-order valence-electron chi connectivity index (χ3n) is 6.42. The van der Waals surface area contributed by atoms with E-state index in [-0.39, 0.29) is 22.6 Å². The second-order valence-electron chi connectivity index (χ2n) is 10.2. The summed E-state index contributed by atoms with van der Waals surface area (Å²) in [5.74, 6) is 0.552. The van der Waals surface area contributed by atoms with Gasteiger partial charge in [-0.25, -0.2) is 4.39 Å². The molecule has 0 amide bonds. The summed E-state index contributed by atoms with van der Waals surface area (Å²) in [5.41, 5.74) is 3.63. The molecule has 0 radical (unpaired) electrons. The van der Waals surface area contributed by atoms with Gasteiger partial charge in [0.05, 0.1) is 6.54 Å². The van der Waals surface area contributed by atoms with E-state index in [1.807, 2.05) is 12.1 Å². The van der Waals surface area contributed by atoms with Crippen LogP contribution in [0.25, 0.3) is 17.0 Å². The van der Waals surface area contributed by atoms with Gasteiger partial charge in [-0.1, -0.05) is 6.08 Å². The first-order chi connectivity index (χ1) is 14.7. The molecule has 0 aromatic carbocycles. The smallest absolute Gasteiger partial charge is 0.154 e. The molecule has 0 bridgehead atoms. The van der Waals surface area contributed by atoms with Crippen LogP contribution in [0.5, 0.6) is 0 Å². The van der Waals surface area contributed by atoms with Crippen molar-refractivity contribution in [1.82, 2.24) is 20.5 Å². The van der Waals surface area contributed by atoms with Gasteiger partial charge in [0, 0.05) is 47.2 Å². The molecule has 2 aromatic rings. The number of aliphatic imine (C=N–C) groups is 1. The Labute approximate surface area is 182 Å². The molecule has 1 saturated heterocycles. The van der Waals surface area contributed by atoms with Crippen molar-refractivity contribution < 1.29 is 4.39 Å². The zero-order chi connectivity index (χ0) is 21.8. The van der Waals surface area contributed by atoms with Crippen LogP contribution in [-0.2, 0) is 6.42 Å². The summed E-state index contributed by atoms with van der Waals surface area (Å²) >= 11 is 0. The predicted octanol–water partition coefficient (Wildman–Crippen LogP) is 3.82. The van der Waals surface area contributed by atoms with Crippen molar-refractivity contribution in [3.05, 3.63) is 41.3 Å². The Morgan fingerprint density at radius 3 is 2.55 bits per heavy atom. The Bertz CT molecular complexity index is 1070. The number of halogens is 1. The van der Waals surface area contributed by atoms with Crippen LogP contribution in [0.2, 0.25) is 0 Å². The van der Waals surface area contributed by atoms with Gasteiger partial charge in [0.15, 0.2) is 11.6 Å². The van der Waals surface area contributed by atoms with E-state index in [1.165, 1.54) is 6.07 Å². The Morgan fingerprint density at radius 2 is 1.87 bits per heavy atom. The lowest BCUT2D eigenvalue weighted by Crippen LogP contribution is -2.62.